The third kappa shape index (κ3) is 10.3. The number of aliphatic carboxylic acids is 1. The van der Waals surface area contributed by atoms with Gasteiger partial charge in [-0.1, -0.05) is 63.3 Å². The highest BCUT2D eigenvalue weighted by atomic mass is 16.6. The second-order valence-corrected chi connectivity index (χ2v) is 5.78. The molecule has 1 aliphatic heterocycles. The molecule has 2 atom stereocenters. The van der Waals surface area contributed by atoms with Gasteiger partial charge in [-0.25, -0.2) is 0 Å². The number of allylic oxidation sites excluding steroid dienone is 1. The van der Waals surface area contributed by atoms with Crippen LogP contribution in [0.3, 0.4) is 0 Å². The van der Waals surface area contributed by atoms with Gasteiger partial charge in [0.05, 0.1) is 18.6 Å². The van der Waals surface area contributed by atoms with Crippen LogP contribution in [0.15, 0.2) is 24.3 Å². The lowest BCUT2D eigenvalue weighted by Gasteiger charge is -1.97. The van der Waals surface area contributed by atoms with E-state index in [9.17, 15) is 4.79 Å². The van der Waals surface area contributed by atoms with Gasteiger partial charge < -0.3 is 9.84 Å². The molecular weight excluding hydrogens is 264 g/mol. The molecule has 0 radical (unpaired) electrons. The van der Waals surface area contributed by atoms with Crippen molar-refractivity contribution in [3.63, 3.8) is 0 Å². The summed E-state index contributed by atoms with van der Waals surface area (Å²) in [4.78, 5) is 10.3. The van der Waals surface area contributed by atoms with E-state index in [1.165, 1.54) is 44.9 Å². The average Bonchev–Trinajstić information content (AvgIpc) is 3.20. The fourth-order valence-corrected chi connectivity index (χ4v) is 2.40. The molecule has 1 heterocycles. The van der Waals surface area contributed by atoms with Crippen LogP contribution in [-0.4, -0.2) is 23.3 Å². The second kappa shape index (κ2) is 11.6. The van der Waals surface area contributed by atoms with Crippen molar-refractivity contribution in [1.82, 2.24) is 0 Å². The second-order valence-electron chi connectivity index (χ2n) is 5.78. The summed E-state index contributed by atoms with van der Waals surface area (Å²) in [5.41, 5.74) is 0. The average molecular weight is 294 g/mol. The molecule has 0 bridgehead atoms. The van der Waals surface area contributed by atoms with E-state index in [-0.39, 0.29) is 6.42 Å². The van der Waals surface area contributed by atoms with Gasteiger partial charge in [-0.05, 0) is 25.7 Å². The molecule has 0 spiro atoms. The Balaban J connectivity index is 1.89. The molecule has 3 nitrogen and oxygen atoms in total. The maximum absolute atomic E-state index is 10.3. The van der Waals surface area contributed by atoms with Gasteiger partial charge in [-0.3, -0.25) is 4.79 Å². The van der Waals surface area contributed by atoms with Crippen LogP contribution in [-0.2, 0) is 9.53 Å². The molecule has 2 unspecified atom stereocenters. The highest BCUT2D eigenvalue weighted by molar-refractivity contribution is 5.68. The van der Waals surface area contributed by atoms with Crippen molar-refractivity contribution >= 4 is 5.97 Å². The summed E-state index contributed by atoms with van der Waals surface area (Å²) < 4.78 is 5.55. The van der Waals surface area contributed by atoms with Crippen molar-refractivity contribution in [2.24, 2.45) is 0 Å². The predicted octanol–water partition coefficient (Wildman–Crippen LogP) is 4.87. The highest BCUT2D eigenvalue weighted by Crippen LogP contribution is 2.29. The molecule has 0 aromatic rings. The number of hydrogen-bond donors (Lipinski definition) is 1. The van der Waals surface area contributed by atoms with Crippen LogP contribution in [0, 0.1) is 0 Å². The Hall–Kier alpha value is -1.09. The molecule has 21 heavy (non-hydrogen) atoms. The zero-order chi connectivity index (χ0) is 15.3. The normalized spacial score (nSPS) is 21.4. The molecule has 0 saturated carbocycles. The standard InChI is InChI=1S/C18H30O3/c1-2-3-4-5-6-7-8-9-10-13-16-17(21-16)14-11-12-15-18(19)20/h9-12,16-17H,2-8,13-15H2,1H3,(H,19,20)/b10-9-,12-11-. The molecule has 1 saturated heterocycles. The van der Waals surface area contributed by atoms with E-state index >= 15 is 0 Å². The molecule has 1 N–H and O–H groups in total. The Bertz CT molecular complexity index is 333. The molecular formula is C18H30O3. The van der Waals surface area contributed by atoms with Crippen molar-refractivity contribution in [2.75, 3.05) is 0 Å². The van der Waals surface area contributed by atoms with Crippen LogP contribution in [0.2, 0.25) is 0 Å². The van der Waals surface area contributed by atoms with Gasteiger partial charge in [0.1, 0.15) is 0 Å². The minimum Gasteiger partial charge on any atom is -0.481 e. The van der Waals surface area contributed by atoms with Gasteiger partial charge in [0.2, 0.25) is 0 Å². The Morgan fingerprint density at radius 3 is 2.24 bits per heavy atom. The van der Waals surface area contributed by atoms with Gasteiger partial charge in [0.25, 0.3) is 0 Å². The minimum atomic E-state index is -0.780. The summed E-state index contributed by atoms with van der Waals surface area (Å²) in [6.45, 7) is 2.25. The van der Waals surface area contributed by atoms with E-state index < -0.39 is 5.97 Å². The van der Waals surface area contributed by atoms with Crippen molar-refractivity contribution in [1.29, 1.82) is 0 Å². The summed E-state index contributed by atoms with van der Waals surface area (Å²) in [7, 11) is 0. The van der Waals surface area contributed by atoms with E-state index in [1.807, 2.05) is 6.08 Å². The fourth-order valence-electron chi connectivity index (χ4n) is 2.40. The van der Waals surface area contributed by atoms with Gasteiger partial charge >= 0.3 is 5.97 Å². The third-order valence-corrected chi connectivity index (χ3v) is 3.77. The van der Waals surface area contributed by atoms with Gasteiger partial charge in [-0.2, -0.15) is 0 Å². The van der Waals surface area contributed by atoms with E-state index in [1.54, 1.807) is 6.08 Å². The number of hydrogen-bond acceptors (Lipinski definition) is 2. The first-order valence-electron chi connectivity index (χ1n) is 8.41. The number of epoxide rings is 1. The molecule has 0 amide bonds. The summed E-state index contributed by atoms with van der Waals surface area (Å²) >= 11 is 0. The van der Waals surface area contributed by atoms with Crippen LogP contribution in [0.5, 0.6) is 0 Å². The van der Waals surface area contributed by atoms with Gasteiger partial charge in [-0.15, -0.1) is 0 Å². The molecule has 0 aliphatic carbocycles. The molecule has 0 aromatic carbocycles. The number of carboxylic acid groups (broad SMARTS) is 1. The highest BCUT2D eigenvalue weighted by Gasteiger charge is 2.35. The topological polar surface area (TPSA) is 49.8 Å². The number of rotatable bonds is 13. The van der Waals surface area contributed by atoms with Crippen molar-refractivity contribution in [2.45, 2.75) is 83.3 Å². The van der Waals surface area contributed by atoms with Gasteiger partial charge in [0.15, 0.2) is 0 Å². The Kier molecular flexibility index (Phi) is 9.88. The molecule has 0 aromatic heterocycles. The van der Waals surface area contributed by atoms with Crippen molar-refractivity contribution in [3.05, 3.63) is 24.3 Å². The summed E-state index contributed by atoms with van der Waals surface area (Å²) in [5, 5.41) is 8.50. The molecule has 120 valence electrons. The first kappa shape index (κ1) is 18.0. The maximum Gasteiger partial charge on any atom is 0.307 e. The third-order valence-electron chi connectivity index (χ3n) is 3.77. The van der Waals surface area contributed by atoms with E-state index in [0.717, 1.165) is 12.8 Å². The smallest absolute Gasteiger partial charge is 0.307 e. The minimum absolute atomic E-state index is 0.107. The van der Waals surface area contributed by atoms with Crippen LogP contribution in [0.4, 0.5) is 0 Å². The zero-order valence-electron chi connectivity index (χ0n) is 13.3. The zero-order valence-corrected chi connectivity index (χ0v) is 13.3. The van der Waals surface area contributed by atoms with E-state index in [2.05, 4.69) is 19.1 Å². The summed E-state index contributed by atoms with van der Waals surface area (Å²) in [5.74, 6) is -0.780. The molecule has 1 aliphatic rings. The van der Waals surface area contributed by atoms with Crippen LogP contribution in [0.25, 0.3) is 0 Å². The summed E-state index contributed by atoms with van der Waals surface area (Å²) in [6, 6.07) is 0. The Morgan fingerprint density at radius 2 is 1.57 bits per heavy atom. The fraction of sp³-hybridized carbons (Fsp3) is 0.722. The van der Waals surface area contributed by atoms with E-state index in [0.29, 0.717) is 12.2 Å². The maximum atomic E-state index is 10.3. The monoisotopic (exact) mass is 294 g/mol. The lowest BCUT2D eigenvalue weighted by atomic mass is 10.1. The largest absolute Gasteiger partial charge is 0.481 e. The lowest BCUT2D eigenvalue weighted by molar-refractivity contribution is -0.136. The van der Waals surface area contributed by atoms with Crippen molar-refractivity contribution in [3.8, 4) is 0 Å². The predicted molar refractivity (Wildman–Crippen MR) is 86.4 cm³/mol. The Labute approximate surface area is 129 Å². The first-order valence-corrected chi connectivity index (χ1v) is 8.41. The van der Waals surface area contributed by atoms with Crippen LogP contribution >= 0.6 is 0 Å². The number of carbonyl (C=O) groups is 1. The number of unbranched alkanes of at least 4 members (excludes halogenated alkanes) is 6. The lowest BCUT2D eigenvalue weighted by Crippen LogP contribution is -1.92. The van der Waals surface area contributed by atoms with Crippen LogP contribution in [0.1, 0.15) is 71.1 Å². The van der Waals surface area contributed by atoms with Gasteiger partial charge in [0, 0.05) is 0 Å². The molecule has 3 heteroatoms. The quantitative estimate of drug-likeness (QED) is 0.299. The molecule has 1 fully saturated rings. The van der Waals surface area contributed by atoms with Crippen LogP contribution < -0.4 is 0 Å². The number of carboxylic acids is 1. The number of ether oxygens (including phenoxy) is 1. The SMILES string of the molecule is CCCCCCCC/C=C\CC1OC1C/C=C\CC(=O)O. The van der Waals surface area contributed by atoms with E-state index in [4.69, 9.17) is 9.84 Å². The van der Waals surface area contributed by atoms with Crippen molar-refractivity contribution < 1.29 is 14.6 Å². The summed E-state index contributed by atoms with van der Waals surface area (Å²) in [6.07, 6.45) is 20.0. The molecule has 1 rings (SSSR count). The Morgan fingerprint density at radius 1 is 0.952 bits per heavy atom. The first-order chi connectivity index (χ1) is 10.2.